The molecule has 1 fully saturated rings. The Morgan fingerprint density at radius 2 is 1.75 bits per heavy atom. The molecule has 3 aromatic rings. The predicted molar refractivity (Wildman–Crippen MR) is 186 cm³/mol. The number of thioether (sulfide) groups is 2. The monoisotopic (exact) mass is 709 g/mol. The summed E-state index contributed by atoms with van der Waals surface area (Å²) in [6, 6.07) is 17.8. The van der Waals surface area contributed by atoms with Gasteiger partial charge in [-0.25, -0.2) is 14.6 Å². The van der Waals surface area contributed by atoms with Gasteiger partial charge in [-0.15, -0.1) is 23.1 Å². The molecule has 2 aliphatic heterocycles. The predicted octanol–water partition coefficient (Wildman–Crippen LogP) is 4.14. The van der Waals surface area contributed by atoms with Crippen LogP contribution in [0.2, 0.25) is 0 Å². The maximum absolute atomic E-state index is 14.0. The highest BCUT2D eigenvalue weighted by Crippen LogP contribution is 2.42. The number of nitrogens with zero attached hydrogens (tertiary/aromatic N) is 3. The number of ether oxygens (including phenoxy) is 2. The van der Waals surface area contributed by atoms with Gasteiger partial charge in [0.1, 0.15) is 28.4 Å². The number of nitrogens with one attached hydrogen (secondary N) is 1. The van der Waals surface area contributed by atoms with Gasteiger partial charge in [-0.05, 0) is 43.7 Å². The fourth-order valence-electron chi connectivity index (χ4n) is 5.04. The van der Waals surface area contributed by atoms with Crippen molar-refractivity contribution in [2.75, 3.05) is 30.1 Å². The average molecular weight is 710 g/mol. The molecule has 15 heteroatoms. The molecular weight excluding hydrogens is 675 g/mol. The number of oxime groups is 1. The number of esters is 2. The minimum absolute atomic E-state index is 0.110. The van der Waals surface area contributed by atoms with E-state index in [1.54, 1.807) is 20.8 Å². The Balaban J connectivity index is 1.35. The van der Waals surface area contributed by atoms with Crippen molar-refractivity contribution in [2.45, 2.75) is 43.9 Å². The van der Waals surface area contributed by atoms with Gasteiger partial charge >= 0.3 is 11.9 Å². The summed E-state index contributed by atoms with van der Waals surface area (Å²) >= 11 is 4.05. The molecule has 48 heavy (non-hydrogen) atoms. The molecule has 2 aliphatic rings. The summed E-state index contributed by atoms with van der Waals surface area (Å²) < 4.78 is 11.4. The number of fused-ring (bicyclic) bond motifs is 1. The van der Waals surface area contributed by atoms with Gasteiger partial charge in [-0.2, -0.15) is 11.8 Å². The summed E-state index contributed by atoms with van der Waals surface area (Å²) in [6.07, 6.45) is 1.22. The lowest BCUT2D eigenvalue weighted by atomic mass is 10.0. The average Bonchev–Trinajstić information content (AvgIpc) is 3.49. The minimum Gasteiger partial charge on any atom is -0.457 e. The van der Waals surface area contributed by atoms with E-state index in [2.05, 4.69) is 15.5 Å². The van der Waals surface area contributed by atoms with E-state index in [-0.39, 0.29) is 22.2 Å². The number of aromatic nitrogens is 1. The second kappa shape index (κ2) is 15.3. The van der Waals surface area contributed by atoms with Gasteiger partial charge in [-0.3, -0.25) is 14.5 Å². The number of amides is 2. The van der Waals surface area contributed by atoms with Crippen LogP contribution in [-0.2, 0) is 33.5 Å². The number of rotatable bonds is 12. The number of nitrogens with two attached hydrogens (primary N) is 1. The van der Waals surface area contributed by atoms with E-state index in [0.717, 1.165) is 28.0 Å². The third-order valence-corrected chi connectivity index (χ3v) is 9.66. The lowest BCUT2D eigenvalue weighted by molar-refractivity contribution is -0.160. The lowest BCUT2D eigenvalue weighted by Gasteiger charge is -2.49. The molecule has 0 spiro atoms. The highest BCUT2D eigenvalue weighted by Gasteiger charge is 2.55. The topological polar surface area (TPSA) is 163 Å². The van der Waals surface area contributed by atoms with Gasteiger partial charge in [-0.1, -0.05) is 65.8 Å². The van der Waals surface area contributed by atoms with Gasteiger partial charge in [0.25, 0.3) is 11.8 Å². The number of carbonyl (C=O) groups excluding carboxylic acids is 4. The molecule has 1 saturated heterocycles. The van der Waals surface area contributed by atoms with Crippen LogP contribution >= 0.6 is 34.9 Å². The van der Waals surface area contributed by atoms with Crippen molar-refractivity contribution in [2.24, 2.45) is 5.16 Å². The molecular formula is C33H35N5O7S3. The number of anilines is 1. The zero-order valence-electron chi connectivity index (χ0n) is 26.7. The quantitative estimate of drug-likeness (QED) is 0.120. The van der Waals surface area contributed by atoms with Crippen molar-refractivity contribution < 1.29 is 33.5 Å². The fraction of sp³-hybridized carbons (Fsp3) is 0.333. The van der Waals surface area contributed by atoms with E-state index in [1.165, 1.54) is 33.8 Å². The molecule has 0 saturated carbocycles. The van der Waals surface area contributed by atoms with Crippen molar-refractivity contribution in [3.8, 4) is 0 Å². The molecule has 2 aromatic carbocycles. The third kappa shape index (κ3) is 8.20. The molecule has 3 N–H and O–H groups in total. The van der Waals surface area contributed by atoms with Crippen LogP contribution in [0.1, 0.15) is 43.7 Å². The highest BCUT2D eigenvalue weighted by molar-refractivity contribution is 8.00. The number of nitrogen functional groups attached to an aromatic ring is 1. The Bertz CT molecular complexity index is 1680. The minimum atomic E-state index is -0.979. The second-order valence-electron chi connectivity index (χ2n) is 11.7. The smallest absolute Gasteiger partial charge is 0.356 e. The first-order valence-corrected chi connectivity index (χ1v) is 18.2. The molecule has 1 aromatic heterocycles. The number of hydrogen-bond acceptors (Lipinski definition) is 13. The van der Waals surface area contributed by atoms with Crippen LogP contribution < -0.4 is 11.1 Å². The number of hydrogen-bond donors (Lipinski definition) is 2. The van der Waals surface area contributed by atoms with Crippen LogP contribution in [0.5, 0.6) is 0 Å². The first kappa shape index (κ1) is 35.0. The molecule has 12 nitrogen and oxygen atoms in total. The maximum atomic E-state index is 14.0. The fourth-order valence-corrected chi connectivity index (χ4v) is 7.65. The SMILES string of the molecule is CSCC1=C(C(=O)OC(c2ccccc2)c2ccccc2)N2C(=O)C(NC(=O)C(=NOCC(=O)OC(C)(C)C)c3csc(N)n3)[C@H]2SC1. The van der Waals surface area contributed by atoms with Gasteiger partial charge in [0, 0.05) is 16.9 Å². The summed E-state index contributed by atoms with van der Waals surface area (Å²) in [5.41, 5.74) is 7.42. The molecule has 0 aliphatic carbocycles. The van der Waals surface area contributed by atoms with Crippen molar-refractivity contribution in [1.82, 2.24) is 15.2 Å². The van der Waals surface area contributed by atoms with Gasteiger partial charge < -0.3 is 25.4 Å². The highest BCUT2D eigenvalue weighted by atomic mass is 32.2. The van der Waals surface area contributed by atoms with Gasteiger partial charge in [0.2, 0.25) is 6.61 Å². The number of thiazole rings is 1. The first-order valence-electron chi connectivity index (χ1n) is 14.9. The Kier molecular flexibility index (Phi) is 11.1. The molecule has 2 amide bonds. The Labute approximate surface area is 290 Å². The molecule has 5 rings (SSSR count). The van der Waals surface area contributed by atoms with Crippen molar-refractivity contribution >= 4 is 69.5 Å². The molecule has 0 radical (unpaired) electrons. The van der Waals surface area contributed by atoms with Crippen LogP contribution in [0.3, 0.4) is 0 Å². The normalized spacial score (nSPS) is 17.8. The molecule has 252 valence electrons. The largest absolute Gasteiger partial charge is 0.457 e. The van der Waals surface area contributed by atoms with Gasteiger partial charge in [0.15, 0.2) is 16.9 Å². The van der Waals surface area contributed by atoms with Crippen LogP contribution in [-0.4, -0.2) is 80.7 Å². The molecule has 1 unspecified atom stereocenters. The molecule has 2 atom stereocenters. The Hall–Kier alpha value is -4.34. The molecule has 0 bridgehead atoms. The Morgan fingerprint density at radius 3 is 2.31 bits per heavy atom. The zero-order valence-corrected chi connectivity index (χ0v) is 29.2. The van der Waals surface area contributed by atoms with Crippen molar-refractivity contribution in [1.29, 1.82) is 0 Å². The third-order valence-electron chi connectivity index (χ3n) is 7.01. The zero-order chi connectivity index (χ0) is 34.4. The van der Waals surface area contributed by atoms with Crippen molar-refractivity contribution in [3.05, 3.63) is 94.1 Å². The van der Waals surface area contributed by atoms with E-state index in [0.29, 0.717) is 11.5 Å². The van der Waals surface area contributed by atoms with E-state index in [1.807, 2.05) is 66.9 Å². The summed E-state index contributed by atoms with van der Waals surface area (Å²) in [5.74, 6) is -1.58. The van der Waals surface area contributed by atoms with E-state index in [9.17, 15) is 19.2 Å². The number of benzene rings is 2. The summed E-state index contributed by atoms with van der Waals surface area (Å²) in [4.78, 5) is 64.0. The standard InChI is InChI=1S/C33H35N5O7S3/c1-33(2,3)45-23(39)15-43-37-24(22-18-48-32(34)35-22)28(40)36-25-29(41)38-26(21(16-46-4)17-47-30(25)38)31(42)44-27(19-11-7-5-8-12-19)20-13-9-6-10-14-20/h5-14,18,25,27,30H,15-17H2,1-4H3,(H2,34,35)(H,36,40)/t25?,30-/m1/s1. The van der Waals surface area contributed by atoms with Gasteiger partial charge in [0.05, 0.1) is 0 Å². The summed E-state index contributed by atoms with van der Waals surface area (Å²) in [5, 5.41) is 7.69. The van der Waals surface area contributed by atoms with E-state index in [4.69, 9.17) is 20.0 Å². The van der Waals surface area contributed by atoms with Crippen LogP contribution in [0.15, 0.2) is 82.5 Å². The summed E-state index contributed by atoms with van der Waals surface area (Å²) in [7, 11) is 0. The maximum Gasteiger partial charge on any atom is 0.356 e. The number of β-lactam (4-membered cyclic amide) rings is 1. The number of carbonyl (C=O) groups is 4. The molecule has 3 heterocycles. The Morgan fingerprint density at radius 1 is 1.10 bits per heavy atom. The van der Waals surface area contributed by atoms with Crippen LogP contribution in [0.25, 0.3) is 0 Å². The van der Waals surface area contributed by atoms with Crippen LogP contribution in [0, 0.1) is 0 Å². The van der Waals surface area contributed by atoms with E-state index < -0.39 is 53.5 Å². The first-order chi connectivity index (χ1) is 23.0. The van der Waals surface area contributed by atoms with E-state index >= 15 is 0 Å². The van der Waals surface area contributed by atoms with Crippen LogP contribution in [0.4, 0.5) is 5.13 Å². The lowest BCUT2D eigenvalue weighted by Crippen LogP contribution is -2.71. The van der Waals surface area contributed by atoms with Crippen molar-refractivity contribution in [3.63, 3.8) is 0 Å². The summed E-state index contributed by atoms with van der Waals surface area (Å²) in [6.45, 7) is 4.58. The second-order valence-corrected chi connectivity index (χ2v) is 14.6.